The van der Waals surface area contributed by atoms with Crippen LogP contribution in [-0.2, 0) is 17.9 Å². The lowest BCUT2D eigenvalue weighted by Gasteiger charge is -2.17. The number of anilines is 1. The molecule has 0 aliphatic heterocycles. The summed E-state index contributed by atoms with van der Waals surface area (Å²) in [5, 5.41) is 7.07. The zero-order valence-corrected chi connectivity index (χ0v) is 12.7. The van der Waals surface area contributed by atoms with Gasteiger partial charge in [-0.1, -0.05) is 13.0 Å². The molecule has 112 valence electrons. The first-order valence-electron chi connectivity index (χ1n) is 6.94. The number of aromatic nitrogens is 3. The Morgan fingerprint density at radius 2 is 2.19 bits per heavy atom. The molecule has 0 bridgehead atoms. The van der Waals surface area contributed by atoms with E-state index < -0.39 is 0 Å². The van der Waals surface area contributed by atoms with E-state index in [1.807, 2.05) is 50.3 Å². The van der Waals surface area contributed by atoms with E-state index in [-0.39, 0.29) is 11.8 Å². The van der Waals surface area contributed by atoms with Crippen LogP contribution in [0.4, 0.5) is 5.82 Å². The summed E-state index contributed by atoms with van der Waals surface area (Å²) in [6, 6.07) is 5.70. The molecule has 0 radical (unpaired) electrons. The SMILES string of the molecule is C[C@H](Cn1cccn1)C(=O)NCc1cccnc1N(C)C. The minimum Gasteiger partial charge on any atom is -0.362 e. The normalized spacial score (nSPS) is 12.0. The van der Waals surface area contributed by atoms with Crippen LogP contribution in [0.1, 0.15) is 12.5 Å². The van der Waals surface area contributed by atoms with Gasteiger partial charge >= 0.3 is 0 Å². The van der Waals surface area contributed by atoms with Crippen molar-refractivity contribution in [3.05, 3.63) is 42.4 Å². The zero-order chi connectivity index (χ0) is 15.2. The lowest BCUT2D eigenvalue weighted by Crippen LogP contribution is -2.31. The highest BCUT2D eigenvalue weighted by Gasteiger charge is 2.14. The molecule has 0 saturated carbocycles. The summed E-state index contributed by atoms with van der Waals surface area (Å²) in [6.45, 7) is 2.95. The lowest BCUT2D eigenvalue weighted by molar-refractivity contribution is -0.125. The van der Waals surface area contributed by atoms with Crippen molar-refractivity contribution in [3.8, 4) is 0 Å². The monoisotopic (exact) mass is 287 g/mol. The predicted molar refractivity (Wildman–Crippen MR) is 81.8 cm³/mol. The minimum atomic E-state index is -0.135. The van der Waals surface area contributed by atoms with Gasteiger partial charge in [0.25, 0.3) is 0 Å². The summed E-state index contributed by atoms with van der Waals surface area (Å²) >= 11 is 0. The molecule has 0 spiro atoms. The van der Waals surface area contributed by atoms with Crippen LogP contribution in [0.3, 0.4) is 0 Å². The predicted octanol–water partition coefficient (Wildman–Crippen LogP) is 1.30. The van der Waals surface area contributed by atoms with Gasteiger partial charge in [0.15, 0.2) is 0 Å². The second-order valence-corrected chi connectivity index (χ2v) is 5.23. The van der Waals surface area contributed by atoms with E-state index in [9.17, 15) is 4.79 Å². The van der Waals surface area contributed by atoms with E-state index in [2.05, 4.69) is 15.4 Å². The Labute approximate surface area is 124 Å². The van der Waals surface area contributed by atoms with Crippen LogP contribution in [0.5, 0.6) is 0 Å². The van der Waals surface area contributed by atoms with Crippen molar-refractivity contribution in [2.24, 2.45) is 5.92 Å². The third-order valence-corrected chi connectivity index (χ3v) is 3.21. The largest absolute Gasteiger partial charge is 0.362 e. The second-order valence-electron chi connectivity index (χ2n) is 5.23. The van der Waals surface area contributed by atoms with Crippen LogP contribution in [0.2, 0.25) is 0 Å². The van der Waals surface area contributed by atoms with Crippen molar-refractivity contribution in [1.82, 2.24) is 20.1 Å². The van der Waals surface area contributed by atoms with Crippen LogP contribution in [0.25, 0.3) is 0 Å². The van der Waals surface area contributed by atoms with E-state index in [1.54, 1.807) is 17.1 Å². The number of nitrogens with zero attached hydrogens (tertiary/aromatic N) is 4. The average Bonchev–Trinajstić information content (AvgIpc) is 2.97. The molecule has 0 aliphatic rings. The molecule has 0 saturated heterocycles. The Bertz CT molecular complexity index is 580. The van der Waals surface area contributed by atoms with Crippen LogP contribution < -0.4 is 10.2 Å². The topological polar surface area (TPSA) is 63.1 Å². The fourth-order valence-corrected chi connectivity index (χ4v) is 2.10. The number of hydrogen-bond donors (Lipinski definition) is 1. The van der Waals surface area contributed by atoms with Crippen molar-refractivity contribution in [2.45, 2.75) is 20.0 Å². The summed E-state index contributed by atoms with van der Waals surface area (Å²) in [7, 11) is 3.88. The summed E-state index contributed by atoms with van der Waals surface area (Å²) in [4.78, 5) is 18.4. The summed E-state index contributed by atoms with van der Waals surface area (Å²) in [6.07, 6.45) is 5.32. The van der Waals surface area contributed by atoms with Gasteiger partial charge in [-0.15, -0.1) is 0 Å². The van der Waals surface area contributed by atoms with E-state index in [1.165, 1.54) is 0 Å². The van der Waals surface area contributed by atoms with Crippen molar-refractivity contribution in [3.63, 3.8) is 0 Å². The van der Waals surface area contributed by atoms with Gasteiger partial charge in [0, 0.05) is 44.8 Å². The van der Waals surface area contributed by atoms with Crippen molar-refractivity contribution in [1.29, 1.82) is 0 Å². The zero-order valence-electron chi connectivity index (χ0n) is 12.7. The van der Waals surface area contributed by atoms with Gasteiger partial charge < -0.3 is 10.2 Å². The Balaban J connectivity index is 1.92. The molecule has 1 atom stereocenters. The molecular weight excluding hydrogens is 266 g/mol. The molecule has 1 N–H and O–H groups in total. The molecule has 0 fully saturated rings. The molecule has 1 amide bonds. The molecule has 21 heavy (non-hydrogen) atoms. The highest BCUT2D eigenvalue weighted by atomic mass is 16.1. The van der Waals surface area contributed by atoms with Gasteiger partial charge in [-0.3, -0.25) is 9.48 Å². The molecular formula is C15H21N5O. The van der Waals surface area contributed by atoms with Gasteiger partial charge in [-0.2, -0.15) is 5.10 Å². The second kappa shape index (κ2) is 6.88. The number of carbonyl (C=O) groups excluding carboxylic acids is 1. The average molecular weight is 287 g/mol. The maximum absolute atomic E-state index is 12.1. The number of pyridine rings is 1. The van der Waals surface area contributed by atoms with Gasteiger partial charge in [-0.05, 0) is 12.1 Å². The molecule has 0 aliphatic carbocycles. The molecule has 2 aromatic rings. The number of carbonyl (C=O) groups is 1. The molecule has 0 unspecified atom stereocenters. The smallest absolute Gasteiger partial charge is 0.224 e. The van der Waals surface area contributed by atoms with Crippen LogP contribution >= 0.6 is 0 Å². The third kappa shape index (κ3) is 4.05. The fraction of sp³-hybridized carbons (Fsp3) is 0.400. The van der Waals surface area contributed by atoms with Gasteiger partial charge in [0.05, 0.1) is 12.5 Å². The molecule has 2 rings (SSSR count). The Kier molecular flexibility index (Phi) is 4.92. The van der Waals surface area contributed by atoms with E-state index in [0.717, 1.165) is 11.4 Å². The first-order chi connectivity index (χ1) is 10.1. The molecule has 2 heterocycles. The summed E-state index contributed by atoms with van der Waals surface area (Å²) in [5.41, 5.74) is 1.00. The van der Waals surface area contributed by atoms with Gasteiger partial charge in [0.1, 0.15) is 5.82 Å². The van der Waals surface area contributed by atoms with Crippen molar-refractivity contribution in [2.75, 3.05) is 19.0 Å². The van der Waals surface area contributed by atoms with E-state index in [0.29, 0.717) is 13.1 Å². The quantitative estimate of drug-likeness (QED) is 0.870. The molecule has 2 aromatic heterocycles. The number of amides is 1. The van der Waals surface area contributed by atoms with E-state index in [4.69, 9.17) is 0 Å². The van der Waals surface area contributed by atoms with Crippen LogP contribution in [0.15, 0.2) is 36.8 Å². The van der Waals surface area contributed by atoms with Crippen molar-refractivity contribution < 1.29 is 4.79 Å². The number of nitrogens with one attached hydrogen (secondary N) is 1. The van der Waals surface area contributed by atoms with Crippen molar-refractivity contribution >= 4 is 11.7 Å². The van der Waals surface area contributed by atoms with E-state index >= 15 is 0 Å². The lowest BCUT2D eigenvalue weighted by atomic mass is 10.1. The molecule has 0 aromatic carbocycles. The first-order valence-corrected chi connectivity index (χ1v) is 6.94. The highest BCUT2D eigenvalue weighted by Crippen LogP contribution is 2.14. The summed E-state index contributed by atoms with van der Waals surface area (Å²) in [5.74, 6) is 0.751. The van der Waals surface area contributed by atoms with Crippen LogP contribution in [0, 0.1) is 5.92 Å². The van der Waals surface area contributed by atoms with Gasteiger partial charge in [-0.25, -0.2) is 4.98 Å². The highest BCUT2D eigenvalue weighted by molar-refractivity contribution is 5.78. The van der Waals surface area contributed by atoms with Crippen LogP contribution in [-0.4, -0.2) is 34.8 Å². The minimum absolute atomic E-state index is 0.0130. The number of hydrogen-bond acceptors (Lipinski definition) is 4. The summed E-state index contributed by atoms with van der Waals surface area (Å²) < 4.78 is 1.76. The molecule has 6 heteroatoms. The Hall–Kier alpha value is -2.37. The maximum Gasteiger partial charge on any atom is 0.224 e. The fourth-order valence-electron chi connectivity index (χ4n) is 2.10. The number of rotatable bonds is 6. The first kappa shape index (κ1) is 15.0. The standard InChI is InChI=1S/C15H21N5O/c1-12(11-20-9-5-8-18-20)15(21)17-10-13-6-4-7-16-14(13)19(2)3/h4-9,12H,10-11H2,1-3H3,(H,17,21)/t12-/m1/s1. The Morgan fingerprint density at radius 1 is 1.38 bits per heavy atom. The van der Waals surface area contributed by atoms with Gasteiger partial charge in [0.2, 0.25) is 5.91 Å². The molecule has 6 nitrogen and oxygen atoms in total. The third-order valence-electron chi connectivity index (χ3n) is 3.21. The Morgan fingerprint density at radius 3 is 2.86 bits per heavy atom. The maximum atomic E-state index is 12.1.